The van der Waals surface area contributed by atoms with E-state index in [4.69, 9.17) is 4.74 Å². The molecule has 2 aromatic rings. The Hall–Kier alpha value is -3.55. The van der Waals surface area contributed by atoms with Gasteiger partial charge >= 0.3 is 5.97 Å². The molecule has 0 saturated heterocycles. The third-order valence-corrected chi connectivity index (χ3v) is 3.71. The largest absolute Gasteiger partial charge is 0.461 e. The Kier molecular flexibility index (Phi) is 7.18. The number of nitrogens with zero attached hydrogens (tertiary/aromatic N) is 4. The minimum absolute atomic E-state index is 0.0109. The van der Waals surface area contributed by atoms with Crippen molar-refractivity contribution in [2.24, 2.45) is 10.2 Å². The van der Waals surface area contributed by atoms with Crippen molar-refractivity contribution in [3.05, 3.63) is 71.3 Å². The van der Waals surface area contributed by atoms with E-state index in [1.807, 2.05) is 31.2 Å². The van der Waals surface area contributed by atoms with E-state index >= 15 is 0 Å². The number of azo groups is 1. The number of rotatable bonds is 9. The maximum Gasteiger partial charge on any atom is 0.330 e. The number of ether oxygens (including phenoxy) is 1. The number of hydrogen-bond acceptors (Lipinski definition) is 7. The van der Waals surface area contributed by atoms with Crippen molar-refractivity contribution in [3.63, 3.8) is 0 Å². The van der Waals surface area contributed by atoms with E-state index in [1.165, 1.54) is 12.1 Å². The van der Waals surface area contributed by atoms with Gasteiger partial charge in [-0.05, 0) is 43.3 Å². The van der Waals surface area contributed by atoms with Crippen LogP contribution in [0, 0.1) is 10.1 Å². The number of nitro groups is 1. The Balaban J connectivity index is 1.97. The van der Waals surface area contributed by atoms with Crippen LogP contribution < -0.4 is 4.90 Å². The fourth-order valence-corrected chi connectivity index (χ4v) is 2.27. The van der Waals surface area contributed by atoms with Gasteiger partial charge in [-0.2, -0.15) is 10.2 Å². The fraction of sp³-hybridized carbons (Fsp3) is 0.211. The average Bonchev–Trinajstić information content (AvgIpc) is 2.70. The number of anilines is 1. The molecule has 2 rings (SSSR count). The summed E-state index contributed by atoms with van der Waals surface area (Å²) in [6, 6.07) is 13.3. The highest BCUT2D eigenvalue weighted by atomic mass is 16.6. The molecular formula is C19H20N4O4. The van der Waals surface area contributed by atoms with Crippen LogP contribution in [-0.4, -0.2) is 30.6 Å². The highest BCUT2D eigenvalue weighted by Crippen LogP contribution is 2.23. The lowest BCUT2D eigenvalue weighted by Gasteiger charge is -2.22. The third-order valence-electron chi connectivity index (χ3n) is 3.71. The van der Waals surface area contributed by atoms with Crippen LogP contribution in [0.15, 0.2) is 71.4 Å². The van der Waals surface area contributed by atoms with Crippen molar-refractivity contribution < 1.29 is 14.5 Å². The van der Waals surface area contributed by atoms with E-state index in [0.717, 1.165) is 18.3 Å². The van der Waals surface area contributed by atoms with Crippen LogP contribution in [0.4, 0.5) is 22.7 Å². The molecule has 140 valence electrons. The van der Waals surface area contributed by atoms with Crippen molar-refractivity contribution in [1.82, 2.24) is 0 Å². The second kappa shape index (κ2) is 9.81. The zero-order valence-corrected chi connectivity index (χ0v) is 14.9. The SMILES string of the molecule is C=CC(=O)OCCN(CC)c1ccc(/N=N/c2ccc([N+](=O)[O-])cc2)cc1. The van der Waals surface area contributed by atoms with Gasteiger partial charge in [0, 0.05) is 30.4 Å². The minimum Gasteiger partial charge on any atom is -0.461 e. The Morgan fingerprint density at radius 3 is 2.19 bits per heavy atom. The lowest BCUT2D eigenvalue weighted by atomic mass is 10.2. The van der Waals surface area contributed by atoms with Crippen molar-refractivity contribution in [2.45, 2.75) is 6.92 Å². The number of hydrogen-bond donors (Lipinski definition) is 0. The quantitative estimate of drug-likeness (QED) is 0.212. The summed E-state index contributed by atoms with van der Waals surface area (Å²) in [5, 5.41) is 18.8. The fourth-order valence-electron chi connectivity index (χ4n) is 2.27. The number of nitro benzene ring substituents is 1. The molecule has 0 amide bonds. The Bertz CT molecular complexity index is 817. The first-order valence-electron chi connectivity index (χ1n) is 8.34. The first kappa shape index (κ1) is 19.8. The van der Waals surface area contributed by atoms with Crippen LogP contribution in [0.5, 0.6) is 0 Å². The van der Waals surface area contributed by atoms with Crippen LogP contribution >= 0.6 is 0 Å². The topological polar surface area (TPSA) is 97.4 Å². The molecule has 0 heterocycles. The minimum atomic E-state index is -0.461. The van der Waals surface area contributed by atoms with Crippen LogP contribution in [0.2, 0.25) is 0 Å². The van der Waals surface area contributed by atoms with Crippen LogP contribution in [0.25, 0.3) is 0 Å². The standard InChI is InChI=1S/C19H20N4O4/c1-3-19(24)27-14-13-22(4-2)17-9-5-15(6-10-17)20-21-16-7-11-18(12-8-16)23(25)26/h3,5-12H,1,4,13-14H2,2H3/b21-20+. The molecule has 0 aliphatic carbocycles. The van der Waals surface area contributed by atoms with E-state index in [0.29, 0.717) is 17.9 Å². The van der Waals surface area contributed by atoms with E-state index in [-0.39, 0.29) is 12.3 Å². The predicted octanol–water partition coefficient (Wildman–Crippen LogP) is 4.57. The molecule has 0 fully saturated rings. The van der Waals surface area contributed by atoms with E-state index in [2.05, 4.69) is 21.7 Å². The highest BCUT2D eigenvalue weighted by molar-refractivity contribution is 5.81. The summed E-state index contributed by atoms with van der Waals surface area (Å²) in [5.41, 5.74) is 2.17. The molecule has 0 spiro atoms. The Morgan fingerprint density at radius 1 is 1.15 bits per heavy atom. The first-order chi connectivity index (χ1) is 13.0. The molecule has 0 atom stereocenters. The van der Waals surface area contributed by atoms with E-state index in [1.54, 1.807) is 12.1 Å². The number of likely N-dealkylation sites (N-methyl/N-ethyl adjacent to an activating group) is 1. The van der Waals surface area contributed by atoms with Gasteiger partial charge in [-0.1, -0.05) is 6.58 Å². The van der Waals surface area contributed by atoms with Crippen LogP contribution in [-0.2, 0) is 9.53 Å². The van der Waals surface area contributed by atoms with Gasteiger partial charge in [0.05, 0.1) is 22.8 Å². The number of non-ortho nitro benzene ring substituents is 1. The van der Waals surface area contributed by atoms with Gasteiger partial charge in [-0.3, -0.25) is 10.1 Å². The van der Waals surface area contributed by atoms with E-state index in [9.17, 15) is 14.9 Å². The molecule has 0 bridgehead atoms. The molecule has 0 aromatic heterocycles. The molecule has 8 nitrogen and oxygen atoms in total. The summed E-state index contributed by atoms with van der Waals surface area (Å²) < 4.78 is 5.01. The van der Waals surface area contributed by atoms with Gasteiger partial charge in [-0.25, -0.2) is 4.79 Å². The third kappa shape index (κ3) is 6.03. The molecule has 27 heavy (non-hydrogen) atoms. The van der Waals surface area contributed by atoms with Crippen molar-refractivity contribution in [2.75, 3.05) is 24.6 Å². The lowest BCUT2D eigenvalue weighted by Crippen LogP contribution is -2.27. The van der Waals surface area contributed by atoms with Crippen molar-refractivity contribution >= 4 is 28.7 Å². The summed E-state index contributed by atoms with van der Waals surface area (Å²) in [5.74, 6) is -0.437. The zero-order valence-electron chi connectivity index (χ0n) is 14.9. The molecule has 2 aromatic carbocycles. The molecule has 0 aliphatic rings. The number of carbonyl (C=O) groups excluding carboxylic acids is 1. The van der Waals surface area contributed by atoms with Gasteiger partial charge < -0.3 is 9.64 Å². The smallest absolute Gasteiger partial charge is 0.330 e. The number of esters is 1. The average molecular weight is 368 g/mol. The van der Waals surface area contributed by atoms with Gasteiger partial charge in [0.2, 0.25) is 0 Å². The second-order valence-electron chi connectivity index (χ2n) is 5.44. The van der Waals surface area contributed by atoms with Crippen molar-refractivity contribution in [3.8, 4) is 0 Å². The van der Waals surface area contributed by atoms with E-state index < -0.39 is 10.9 Å². The Labute approximate surface area is 156 Å². The monoisotopic (exact) mass is 368 g/mol. The molecule has 0 saturated carbocycles. The maximum absolute atomic E-state index is 11.1. The summed E-state index contributed by atoms with van der Waals surface area (Å²) in [6.07, 6.45) is 1.14. The predicted molar refractivity (Wildman–Crippen MR) is 103 cm³/mol. The zero-order chi connectivity index (χ0) is 19.6. The number of carbonyl (C=O) groups is 1. The summed E-state index contributed by atoms with van der Waals surface area (Å²) >= 11 is 0. The van der Waals surface area contributed by atoms with Gasteiger partial charge in [0.1, 0.15) is 6.61 Å². The Morgan fingerprint density at radius 2 is 1.70 bits per heavy atom. The van der Waals surface area contributed by atoms with Gasteiger partial charge in [-0.15, -0.1) is 0 Å². The molecule has 0 aliphatic heterocycles. The lowest BCUT2D eigenvalue weighted by molar-refractivity contribution is -0.384. The maximum atomic E-state index is 11.1. The molecule has 0 radical (unpaired) electrons. The molecule has 0 unspecified atom stereocenters. The van der Waals surface area contributed by atoms with Gasteiger partial charge in [0.15, 0.2) is 0 Å². The molecular weight excluding hydrogens is 348 g/mol. The molecule has 8 heteroatoms. The molecule has 0 N–H and O–H groups in total. The van der Waals surface area contributed by atoms with Crippen molar-refractivity contribution in [1.29, 1.82) is 0 Å². The number of benzene rings is 2. The van der Waals surface area contributed by atoms with Crippen LogP contribution in [0.1, 0.15) is 6.92 Å². The summed E-state index contributed by atoms with van der Waals surface area (Å²) in [7, 11) is 0. The van der Waals surface area contributed by atoms with Gasteiger partial charge in [0.25, 0.3) is 5.69 Å². The van der Waals surface area contributed by atoms with Crippen LogP contribution in [0.3, 0.4) is 0 Å². The highest BCUT2D eigenvalue weighted by Gasteiger charge is 2.06. The summed E-state index contributed by atoms with van der Waals surface area (Å²) in [6.45, 7) is 6.98. The normalized spacial score (nSPS) is 10.6. The summed E-state index contributed by atoms with van der Waals surface area (Å²) in [4.78, 5) is 23.3. The first-order valence-corrected chi connectivity index (χ1v) is 8.34. The second-order valence-corrected chi connectivity index (χ2v) is 5.44.